The van der Waals surface area contributed by atoms with Crippen molar-refractivity contribution >= 4 is 97.4 Å². The summed E-state index contributed by atoms with van der Waals surface area (Å²) < 4.78 is 15.6. The number of carbonyl (C=O) groups excluding carboxylic acids is 3. The van der Waals surface area contributed by atoms with Crippen molar-refractivity contribution < 1.29 is 28.6 Å². The second kappa shape index (κ2) is 24.6. The van der Waals surface area contributed by atoms with E-state index >= 15 is 0 Å². The number of benzene rings is 2. The third kappa shape index (κ3) is 19.3. The number of rotatable bonds is 18. The Kier molecular flexibility index (Phi) is 20.7. The minimum atomic E-state index is -0.514. The normalized spacial score (nSPS) is 11.2. The van der Waals surface area contributed by atoms with Gasteiger partial charge in [0.05, 0.1) is 51.2 Å². The summed E-state index contributed by atoms with van der Waals surface area (Å²) in [6.45, 7) is 10.2. The van der Waals surface area contributed by atoms with Gasteiger partial charge in [-0.15, -0.1) is 22.7 Å². The Morgan fingerprint density at radius 1 is 0.719 bits per heavy atom. The predicted octanol–water partition coefficient (Wildman–Crippen LogP) is 8.41. The summed E-state index contributed by atoms with van der Waals surface area (Å²) in [4.78, 5) is 48.9. The second-order valence-electron chi connectivity index (χ2n) is 13.4. The highest BCUT2D eigenvalue weighted by Gasteiger charge is 2.18. The molecule has 2 heterocycles. The van der Waals surface area contributed by atoms with Gasteiger partial charge in [-0.2, -0.15) is 0 Å². The number of methoxy groups -OCH3 is 2. The van der Waals surface area contributed by atoms with Gasteiger partial charge in [0.1, 0.15) is 5.60 Å². The van der Waals surface area contributed by atoms with Crippen molar-refractivity contribution in [1.29, 1.82) is 0 Å². The van der Waals surface area contributed by atoms with Gasteiger partial charge >= 0.3 is 18.0 Å². The van der Waals surface area contributed by atoms with Crippen LogP contribution in [-0.4, -0.2) is 97.5 Å². The maximum absolute atomic E-state index is 12.1. The lowest BCUT2D eigenvalue weighted by Gasteiger charge is -2.22. The molecule has 0 radical (unpaired) electrons. The summed E-state index contributed by atoms with van der Waals surface area (Å²) >= 11 is 26.4. The number of esters is 1. The molecule has 2 aromatic heterocycles. The van der Waals surface area contributed by atoms with Gasteiger partial charge in [-0.25, -0.2) is 19.6 Å². The number of amides is 4. The summed E-state index contributed by atoms with van der Waals surface area (Å²) in [6, 6.07) is 9.69. The number of hydrogen-bond acceptors (Lipinski definition) is 12. The van der Waals surface area contributed by atoms with Crippen molar-refractivity contribution in [2.45, 2.75) is 52.6 Å². The standard InChI is InChI=1S/C19H24Cl2N4O3S.C18H24Cl2N4O3S/c1-19(2,3)28-16(26)10-25(4)9-13-11-29-18(23-13)24-17(27)22-8-12-5-6-14(20)15(21)7-12;1-26-7-5-24(6-8-27-2)11-14-12-28-18(22-14)23-17(25)21-10-13-3-4-15(19)16(20)9-13/h5-7,11H,8-10H2,1-4H3,(H2,22,23,24,27);3-4,9,12H,5-8,10-11H2,1-2H3,(H2,21,22,23,25). The van der Waals surface area contributed by atoms with E-state index in [4.69, 9.17) is 60.6 Å². The number of urea groups is 2. The smallest absolute Gasteiger partial charge is 0.321 e. The zero-order valence-electron chi connectivity index (χ0n) is 32.5. The maximum Gasteiger partial charge on any atom is 0.321 e. The van der Waals surface area contributed by atoms with Crippen LogP contribution in [0.5, 0.6) is 0 Å². The number of hydrogen-bond donors (Lipinski definition) is 4. The van der Waals surface area contributed by atoms with Crippen LogP contribution in [0.3, 0.4) is 0 Å². The molecule has 0 spiro atoms. The van der Waals surface area contributed by atoms with Crippen molar-refractivity contribution in [3.63, 3.8) is 0 Å². The number of aromatic nitrogens is 2. The lowest BCUT2D eigenvalue weighted by atomic mass is 10.2. The molecule has 0 bridgehead atoms. The molecule has 312 valence electrons. The average molecular weight is 907 g/mol. The van der Waals surface area contributed by atoms with Crippen molar-refractivity contribution in [2.24, 2.45) is 0 Å². The Bertz CT molecular complexity index is 1890. The fraction of sp³-hybridized carbons (Fsp3) is 0.432. The Morgan fingerprint density at radius 3 is 1.60 bits per heavy atom. The van der Waals surface area contributed by atoms with Crippen LogP contribution in [0, 0.1) is 0 Å². The van der Waals surface area contributed by atoms with E-state index in [1.54, 1.807) is 56.5 Å². The monoisotopic (exact) mass is 904 g/mol. The Balaban J connectivity index is 0.000000306. The first-order valence-corrected chi connectivity index (χ1v) is 20.8. The molecule has 4 amide bonds. The molecule has 20 heteroatoms. The number of likely N-dealkylation sites (N-methyl/N-ethyl adjacent to an activating group) is 1. The van der Waals surface area contributed by atoms with Gasteiger partial charge in [0.15, 0.2) is 10.3 Å². The number of thiazole rings is 2. The summed E-state index contributed by atoms with van der Waals surface area (Å²) in [7, 11) is 5.16. The van der Waals surface area contributed by atoms with Crippen LogP contribution >= 0.6 is 69.1 Å². The van der Waals surface area contributed by atoms with Crippen LogP contribution in [-0.2, 0) is 45.2 Å². The van der Waals surface area contributed by atoms with Crippen LogP contribution in [0.1, 0.15) is 43.3 Å². The second-order valence-corrected chi connectivity index (χ2v) is 16.8. The van der Waals surface area contributed by atoms with E-state index in [0.717, 1.165) is 35.6 Å². The molecule has 0 atom stereocenters. The fourth-order valence-electron chi connectivity index (χ4n) is 4.69. The molecule has 0 unspecified atom stereocenters. The largest absolute Gasteiger partial charge is 0.459 e. The quantitative estimate of drug-likeness (QED) is 0.0715. The lowest BCUT2D eigenvalue weighted by Crippen LogP contribution is -2.32. The zero-order chi connectivity index (χ0) is 42.0. The van der Waals surface area contributed by atoms with Gasteiger partial charge in [-0.05, 0) is 63.2 Å². The Morgan fingerprint density at radius 2 is 1.18 bits per heavy atom. The molecule has 0 aliphatic carbocycles. The van der Waals surface area contributed by atoms with Gasteiger partial charge in [0.2, 0.25) is 0 Å². The number of nitrogens with zero attached hydrogens (tertiary/aromatic N) is 4. The van der Waals surface area contributed by atoms with Gasteiger partial charge < -0.3 is 24.8 Å². The summed E-state index contributed by atoms with van der Waals surface area (Å²) in [5, 5.41) is 17.6. The number of anilines is 2. The molecule has 0 saturated carbocycles. The number of ether oxygens (including phenoxy) is 3. The minimum absolute atomic E-state index is 0.154. The van der Waals surface area contributed by atoms with Crippen LogP contribution in [0.15, 0.2) is 47.2 Å². The van der Waals surface area contributed by atoms with Crippen molar-refractivity contribution in [1.82, 2.24) is 30.4 Å². The first kappa shape index (κ1) is 48.1. The third-order valence-electron chi connectivity index (χ3n) is 7.28. The molecule has 4 rings (SSSR count). The minimum Gasteiger partial charge on any atom is -0.459 e. The molecule has 0 fully saturated rings. The maximum atomic E-state index is 12.1. The van der Waals surface area contributed by atoms with E-state index in [1.807, 2.05) is 37.6 Å². The lowest BCUT2D eigenvalue weighted by molar-refractivity contribution is -0.155. The van der Waals surface area contributed by atoms with Gasteiger partial charge in [-0.1, -0.05) is 58.5 Å². The van der Waals surface area contributed by atoms with Crippen molar-refractivity contribution in [3.05, 3.63) is 89.8 Å². The Labute approximate surface area is 361 Å². The van der Waals surface area contributed by atoms with Crippen LogP contribution < -0.4 is 21.3 Å². The van der Waals surface area contributed by atoms with Gasteiger partial charge in [0, 0.05) is 64.2 Å². The van der Waals surface area contributed by atoms with Crippen LogP contribution in [0.2, 0.25) is 20.1 Å². The third-order valence-corrected chi connectivity index (χ3v) is 10.4. The van der Waals surface area contributed by atoms with E-state index in [2.05, 4.69) is 36.1 Å². The number of carbonyl (C=O) groups is 3. The predicted molar refractivity (Wildman–Crippen MR) is 230 cm³/mol. The first-order chi connectivity index (χ1) is 27.0. The molecule has 2 aromatic carbocycles. The summed E-state index contributed by atoms with van der Waals surface area (Å²) in [5.74, 6) is -0.296. The molecule has 4 aromatic rings. The van der Waals surface area contributed by atoms with Gasteiger partial charge in [-0.3, -0.25) is 25.2 Å². The molecule has 0 aliphatic rings. The number of halogens is 4. The average Bonchev–Trinajstić information content (AvgIpc) is 3.78. The van der Waals surface area contributed by atoms with Crippen molar-refractivity contribution in [3.8, 4) is 0 Å². The van der Waals surface area contributed by atoms with E-state index in [0.29, 0.717) is 69.7 Å². The highest BCUT2D eigenvalue weighted by atomic mass is 35.5. The number of nitrogens with one attached hydrogen (secondary N) is 4. The summed E-state index contributed by atoms with van der Waals surface area (Å²) in [6.07, 6.45) is 0. The molecule has 4 N–H and O–H groups in total. The Hall–Kier alpha value is -3.29. The van der Waals surface area contributed by atoms with E-state index in [9.17, 15) is 14.4 Å². The topological polar surface area (TPSA) is 159 Å². The highest BCUT2D eigenvalue weighted by Crippen LogP contribution is 2.24. The highest BCUT2D eigenvalue weighted by molar-refractivity contribution is 7.14. The van der Waals surface area contributed by atoms with E-state index < -0.39 is 5.60 Å². The molecular formula is C37H48Cl4N8O6S2. The SMILES string of the molecule is CN(CC(=O)OC(C)(C)C)Cc1csc(NC(=O)NCc2ccc(Cl)c(Cl)c2)n1.COCCN(CCOC)Cc1csc(NC(=O)NCc2ccc(Cl)c(Cl)c2)n1. The van der Waals surface area contributed by atoms with Crippen LogP contribution in [0.4, 0.5) is 19.9 Å². The van der Waals surface area contributed by atoms with Crippen LogP contribution in [0.25, 0.3) is 0 Å². The molecule has 0 aliphatic heterocycles. The molecule has 57 heavy (non-hydrogen) atoms. The van der Waals surface area contributed by atoms with E-state index in [-0.39, 0.29) is 24.6 Å². The zero-order valence-corrected chi connectivity index (χ0v) is 37.2. The van der Waals surface area contributed by atoms with Gasteiger partial charge in [0.25, 0.3) is 0 Å². The summed E-state index contributed by atoms with van der Waals surface area (Å²) in [5.41, 5.74) is 2.81. The van der Waals surface area contributed by atoms with Crippen molar-refractivity contribution in [2.75, 3.05) is 64.7 Å². The fourth-order valence-corrected chi connectivity index (χ4v) is 6.72. The molecule has 14 nitrogen and oxygen atoms in total. The molecule has 0 saturated heterocycles. The first-order valence-electron chi connectivity index (χ1n) is 17.5. The molecular weight excluding hydrogens is 858 g/mol. The van der Waals surface area contributed by atoms with E-state index in [1.165, 1.54) is 22.7 Å².